The highest BCUT2D eigenvalue weighted by molar-refractivity contribution is 5.85. The summed E-state index contributed by atoms with van der Waals surface area (Å²) in [6.45, 7) is 6.60. The fourth-order valence-corrected chi connectivity index (χ4v) is 4.25. The maximum Gasteiger partial charge on any atom is 0.220 e. The summed E-state index contributed by atoms with van der Waals surface area (Å²) >= 11 is 0. The molecule has 3 N–H and O–H groups in total. The third-order valence-corrected chi connectivity index (χ3v) is 5.65. The Morgan fingerprint density at radius 1 is 1.12 bits per heavy atom. The highest BCUT2D eigenvalue weighted by Gasteiger charge is 2.44. The number of ether oxygens (including phenoxy) is 1. The summed E-state index contributed by atoms with van der Waals surface area (Å²) in [5, 5.41) is 3.30. The monoisotopic (exact) mass is 397 g/mol. The lowest BCUT2D eigenvalue weighted by molar-refractivity contribution is -0.123. The van der Waals surface area contributed by atoms with Crippen LogP contribution in [0.3, 0.4) is 0 Å². The molecule has 150 valence electrons. The zero-order valence-corrected chi connectivity index (χ0v) is 17.3. The van der Waals surface area contributed by atoms with Crippen LogP contribution in [0.2, 0.25) is 0 Å². The predicted octanol–water partition coefficient (Wildman–Crippen LogP) is 2.89. The Morgan fingerprint density at radius 2 is 1.72 bits per heavy atom. The fourth-order valence-electron chi connectivity index (χ4n) is 4.25. The molecule has 25 heavy (non-hydrogen) atoms. The molecule has 1 saturated heterocycles. The average molecular weight is 398 g/mol. The van der Waals surface area contributed by atoms with Crippen molar-refractivity contribution in [2.24, 2.45) is 5.73 Å². The Kier molecular flexibility index (Phi) is 13.1. The van der Waals surface area contributed by atoms with Crippen LogP contribution in [0.25, 0.3) is 0 Å². The number of morpholine rings is 1. The van der Waals surface area contributed by atoms with E-state index in [-0.39, 0.29) is 42.3 Å². The summed E-state index contributed by atoms with van der Waals surface area (Å²) in [6, 6.07) is 0.222. The molecule has 1 amide bonds. The largest absolute Gasteiger partial charge is 0.379 e. The molecule has 0 aromatic rings. The summed E-state index contributed by atoms with van der Waals surface area (Å²) in [6.07, 6.45) is 9.88. The second kappa shape index (κ2) is 13.2. The van der Waals surface area contributed by atoms with Crippen LogP contribution in [-0.4, -0.2) is 55.2 Å². The van der Waals surface area contributed by atoms with Crippen LogP contribution in [-0.2, 0) is 9.53 Å². The van der Waals surface area contributed by atoms with Crippen LogP contribution in [0.5, 0.6) is 0 Å². The number of hydrogen-bond acceptors (Lipinski definition) is 4. The number of carbonyl (C=O) groups excluding carboxylic acids is 1. The zero-order chi connectivity index (χ0) is 16.5. The molecule has 2 rings (SSSR count). The van der Waals surface area contributed by atoms with Crippen LogP contribution < -0.4 is 11.1 Å². The van der Waals surface area contributed by atoms with Crippen molar-refractivity contribution >= 4 is 30.7 Å². The molecule has 5 nitrogen and oxygen atoms in total. The summed E-state index contributed by atoms with van der Waals surface area (Å²) in [7, 11) is 0. The number of carbonyl (C=O) groups is 1. The molecule has 2 aliphatic rings. The van der Waals surface area contributed by atoms with Gasteiger partial charge in [-0.05, 0) is 39.2 Å². The van der Waals surface area contributed by atoms with Gasteiger partial charge in [-0.2, -0.15) is 0 Å². The Labute approximate surface area is 165 Å². The maximum absolute atomic E-state index is 12.3. The van der Waals surface area contributed by atoms with Crippen LogP contribution in [0, 0.1) is 0 Å². The third kappa shape index (κ3) is 7.22. The predicted molar refractivity (Wildman–Crippen MR) is 108 cm³/mol. The SMILES string of the molecule is CC(NC(=O)CCCCCCN)C1(N2CCOCC2)CCCC1.Cl.Cl. The molecule has 7 heteroatoms. The minimum atomic E-state index is 0. The molecule has 2 fully saturated rings. The van der Waals surface area contributed by atoms with Crippen molar-refractivity contribution in [2.45, 2.75) is 76.3 Å². The van der Waals surface area contributed by atoms with Crippen molar-refractivity contribution in [1.82, 2.24) is 10.2 Å². The summed E-state index contributed by atoms with van der Waals surface area (Å²) in [5.74, 6) is 0.213. The minimum Gasteiger partial charge on any atom is -0.379 e. The molecule has 1 aliphatic heterocycles. The number of rotatable bonds is 9. The molecule has 0 radical (unpaired) electrons. The molecule has 1 atom stereocenters. The van der Waals surface area contributed by atoms with E-state index in [4.69, 9.17) is 10.5 Å². The second-order valence-electron chi connectivity index (χ2n) is 7.15. The van der Waals surface area contributed by atoms with Crippen molar-refractivity contribution in [2.75, 3.05) is 32.8 Å². The second-order valence-corrected chi connectivity index (χ2v) is 7.15. The first kappa shape index (κ1) is 24.9. The van der Waals surface area contributed by atoms with Crippen molar-refractivity contribution in [1.29, 1.82) is 0 Å². The zero-order valence-electron chi connectivity index (χ0n) is 15.6. The Hall–Kier alpha value is -0.0700. The first-order chi connectivity index (χ1) is 11.2. The van der Waals surface area contributed by atoms with Gasteiger partial charge in [0.15, 0.2) is 0 Å². The maximum atomic E-state index is 12.3. The summed E-state index contributed by atoms with van der Waals surface area (Å²) in [4.78, 5) is 14.9. The normalized spacial score (nSPS) is 21.0. The molecule has 0 spiro atoms. The lowest BCUT2D eigenvalue weighted by atomic mass is 9.86. The van der Waals surface area contributed by atoms with Gasteiger partial charge < -0.3 is 15.8 Å². The van der Waals surface area contributed by atoms with Gasteiger partial charge in [0.1, 0.15) is 0 Å². The van der Waals surface area contributed by atoms with E-state index >= 15 is 0 Å². The van der Waals surface area contributed by atoms with Gasteiger partial charge in [0.05, 0.1) is 13.2 Å². The van der Waals surface area contributed by atoms with Gasteiger partial charge in [-0.1, -0.05) is 25.7 Å². The van der Waals surface area contributed by atoms with Crippen LogP contribution in [0.15, 0.2) is 0 Å². The van der Waals surface area contributed by atoms with Gasteiger partial charge in [-0.25, -0.2) is 0 Å². The van der Waals surface area contributed by atoms with Crippen LogP contribution in [0.4, 0.5) is 0 Å². The highest BCUT2D eigenvalue weighted by Crippen LogP contribution is 2.38. The fraction of sp³-hybridized carbons (Fsp3) is 0.944. The number of nitrogens with two attached hydrogens (primary N) is 1. The van der Waals surface area contributed by atoms with Gasteiger partial charge in [0.2, 0.25) is 5.91 Å². The number of nitrogens with one attached hydrogen (secondary N) is 1. The molecule has 0 aromatic heterocycles. The Morgan fingerprint density at radius 3 is 2.32 bits per heavy atom. The summed E-state index contributed by atoms with van der Waals surface area (Å²) < 4.78 is 5.51. The lowest BCUT2D eigenvalue weighted by Crippen LogP contribution is -2.62. The molecule has 0 aromatic carbocycles. The number of nitrogens with zero attached hydrogens (tertiary/aromatic N) is 1. The molecular formula is C18H37Cl2N3O2. The first-order valence-electron chi connectivity index (χ1n) is 9.51. The molecular weight excluding hydrogens is 361 g/mol. The van der Waals surface area contributed by atoms with Gasteiger partial charge in [0.25, 0.3) is 0 Å². The number of hydrogen-bond donors (Lipinski definition) is 2. The number of unbranched alkanes of at least 4 members (excludes halogenated alkanes) is 3. The number of halogens is 2. The van der Waals surface area contributed by atoms with E-state index in [1.165, 1.54) is 25.7 Å². The van der Waals surface area contributed by atoms with Crippen LogP contribution >= 0.6 is 24.8 Å². The number of amides is 1. The van der Waals surface area contributed by atoms with Crippen LogP contribution in [0.1, 0.15) is 64.7 Å². The van der Waals surface area contributed by atoms with E-state index in [9.17, 15) is 4.79 Å². The molecule has 1 aliphatic carbocycles. The molecule has 1 heterocycles. The van der Waals surface area contributed by atoms with E-state index in [2.05, 4.69) is 17.1 Å². The summed E-state index contributed by atoms with van der Waals surface area (Å²) in [5.41, 5.74) is 5.65. The molecule has 0 bridgehead atoms. The molecule has 1 saturated carbocycles. The smallest absolute Gasteiger partial charge is 0.220 e. The van der Waals surface area contributed by atoms with E-state index in [0.29, 0.717) is 6.42 Å². The van der Waals surface area contributed by atoms with Crippen molar-refractivity contribution in [3.05, 3.63) is 0 Å². The standard InChI is InChI=1S/C18H35N3O2.2ClH/c1-16(20-17(22)8-4-2-3-7-11-19)18(9-5-6-10-18)21-12-14-23-15-13-21;;/h16H,2-15,19H2,1H3,(H,20,22);2*1H. The van der Waals surface area contributed by atoms with Gasteiger partial charge in [-0.3, -0.25) is 9.69 Å². The lowest BCUT2D eigenvalue weighted by Gasteiger charge is -2.47. The van der Waals surface area contributed by atoms with E-state index in [1.54, 1.807) is 0 Å². The van der Waals surface area contributed by atoms with Gasteiger partial charge in [-0.15, -0.1) is 24.8 Å². The average Bonchev–Trinajstić information content (AvgIpc) is 3.06. The topological polar surface area (TPSA) is 67.6 Å². The van der Waals surface area contributed by atoms with E-state index < -0.39 is 0 Å². The minimum absolute atomic E-state index is 0. The Bertz CT molecular complexity index is 360. The van der Waals surface area contributed by atoms with Crippen molar-refractivity contribution in [3.8, 4) is 0 Å². The van der Waals surface area contributed by atoms with Gasteiger partial charge >= 0.3 is 0 Å². The molecule has 1 unspecified atom stereocenters. The quantitative estimate of drug-likeness (QED) is 0.586. The Balaban J connectivity index is 0.00000288. The van der Waals surface area contributed by atoms with Crippen molar-refractivity contribution < 1.29 is 9.53 Å². The highest BCUT2D eigenvalue weighted by atomic mass is 35.5. The van der Waals surface area contributed by atoms with Gasteiger partial charge in [0, 0.05) is 31.1 Å². The van der Waals surface area contributed by atoms with E-state index in [0.717, 1.165) is 58.5 Å². The van der Waals surface area contributed by atoms with Crippen molar-refractivity contribution in [3.63, 3.8) is 0 Å². The third-order valence-electron chi connectivity index (χ3n) is 5.65. The first-order valence-corrected chi connectivity index (χ1v) is 9.51. The van der Waals surface area contributed by atoms with E-state index in [1.807, 2.05) is 0 Å².